The normalized spacial score (nSPS) is 12.6. The van der Waals surface area contributed by atoms with Crippen LogP contribution < -0.4 is 5.41 Å². The lowest BCUT2D eigenvalue weighted by molar-refractivity contribution is -0.143. The maximum absolute atomic E-state index is 12.2. The van der Waals surface area contributed by atoms with Gasteiger partial charge in [-0.25, -0.2) is 0 Å². The third kappa shape index (κ3) is 2.74. The number of hydrogen-bond donors (Lipinski definition) is 0. The minimum atomic E-state index is -4.89. The summed E-state index contributed by atoms with van der Waals surface area (Å²) in [7, 11) is 0. The Morgan fingerprint density at radius 1 is 0.812 bits per heavy atom. The van der Waals surface area contributed by atoms with Gasteiger partial charge in [-0.2, -0.15) is 31.8 Å². The van der Waals surface area contributed by atoms with Crippen molar-refractivity contribution in [1.82, 2.24) is 5.41 Å². The first-order valence-corrected chi connectivity index (χ1v) is 3.91. The highest BCUT2D eigenvalue weighted by molar-refractivity contribution is 5.78. The molecular weight excluding hydrogens is 236 g/mol. The lowest BCUT2D eigenvalue weighted by Crippen LogP contribution is -2.11. The van der Waals surface area contributed by atoms with Crippen LogP contribution in [0, 0.1) is 0 Å². The lowest BCUT2D eigenvalue weighted by atomic mass is 10.1. The average molecular weight is 240 g/mol. The molecule has 0 bridgehead atoms. The summed E-state index contributed by atoms with van der Waals surface area (Å²) in [5.41, 5.74) is -3.47. The van der Waals surface area contributed by atoms with Crippen molar-refractivity contribution >= 4 is 6.21 Å². The van der Waals surface area contributed by atoms with Gasteiger partial charge in [0.15, 0.2) is 0 Å². The molecule has 1 aromatic carbocycles. The fraction of sp³-hybridized carbons (Fsp3) is 0.222. The Bertz CT molecular complexity index is 371. The molecule has 0 amide bonds. The van der Waals surface area contributed by atoms with Gasteiger partial charge in [0.1, 0.15) is 0 Å². The van der Waals surface area contributed by atoms with Gasteiger partial charge < -0.3 is 0 Å². The maximum atomic E-state index is 12.2. The average Bonchev–Trinajstić information content (AvgIpc) is 2.14. The molecule has 0 saturated carbocycles. The molecule has 0 aromatic heterocycles. The van der Waals surface area contributed by atoms with Gasteiger partial charge >= 0.3 is 12.4 Å². The van der Waals surface area contributed by atoms with E-state index in [1.54, 1.807) is 0 Å². The van der Waals surface area contributed by atoms with E-state index in [9.17, 15) is 26.3 Å². The molecule has 0 aliphatic rings. The van der Waals surface area contributed by atoms with E-state index in [0.717, 1.165) is 0 Å². The van der Waals surface area contributed by atoms with Crippen LogP contribution in [0.3, 0.4) is 0 Å². The molecule has 0 fully saturated rings. The van der Waals surface area contributed by atoms with Crippen LogP contribution in [0.2, 0.25) is 0 Å². The second-order valence-corrected chi connectivity index (χ2v) is 2.97. The van der Waals surface area contributed by atoms with Crippen molar-refractivity contribution in [2.75, 3.05) is 0 Å². The van der Waals surface area contributed by atoms with E-state index in [4.69, 9.17) is 5.41 Å². The van der Waals surface area contributed by atoms with Crippen LogP contribution in [0.1, 0.15) is 16.7 Å². The second kappa shape index (κ2) is 3.80. The minimum absolute atomic E-state index is 0.00694. The largest absolute Gasteiger partial charge is 0.416 e. The van der Waals surface area contributed by atoms with Crippen LogP contribution in [0.4, 0.5) is 26.3 Å². The van der Waals surface area contributed by atoms with Crippen LogP contribution in [-0.2, 0) is 12.4 Å². The van der Waals surface area contributed by atoms with Crippen molar-refractivity contribution in [3.8, 4) is 0 Å². The van der Waals surface area contributed by atoms with E-state index in [1.165, 1.54) is 0 Å². The van der Waals surface area contributed by atoms with Gasteiger partial charge in [-0.15, -0.1) is 0 Å². The van der Waals surface area contributed by atoms with Crippen LogP contribution in [-0.4, -0.2) is 6.21 Å². The zero-order valence-electron chi connectivity index (χ0n) is 7.52. The van der Waals surface area contributed by atoms with Gasteiger partial charge in [0, 0.05) is 0 Å². The van der Waals surface area contributed by atoms with E-state index < -0.39 is 29.0 Å². The number of rotatable bonds is 1. The predicted molar refractivity (Wildman–Crippen MR) is 43.7 cm³/mol. The standard InChI is InChI=1S/C9H4F6N/c10-8(11,12)6-1-5(4-16)2-7(3-6)9(13,14)15/h1-4H. The van der Waals surface area contributed by atoms with E-state index in [1.807, 2.05) is 0 Å². The van der Waals surface area contributed by atoms with Gasteiger partial charge in [0.05, 0.1) is 17.3 Å². The first-order chi connectivity index (χ1) is 7.14. The highest BCUT2D eigenvalue weighted by atomic mass is 19.4. The molecule has 1 rings (SSSR count). The Balaban J connectivity index is 3.39. The summed E-state index contributed by atoms with van der Waals surface area (Å²) >= 11 is 0. The van der Waals surface area contributed by atoms with Gasteiger partial charge in [0.25, 0.3) is 0 Å². The molecule has 0 atom stereocenters. The lowest BCUT2D eigenvalue weighted by Gasteiger charge is -2.12. The molecule has 1 radical (unpaired) electrons. The van der Waals surface area contributed by atoms with E-state index in [0.29, 0.717) is 12.1 Å². The molecule has 16 heavy (non-hydrogen) atoms. The van der Waals surface area contributed by atoms with Crippen LogP contribution in [0.5, 0.6) is 0 Å². The van der Waals surface area contributed by atoms with Crippen molar-refractivity contribution < 1.29 is 26.3 Å². The number of hydrogen-bond acceptors (Lipinski definition) is 0. The summed E-state index contributed by atoms with van der Waals surface area (Å²) in [6.07, 6.45) is -9.59. The van der Waals surface area contributed by atoms with Crippen LogP contribution in [0.15, 0.2) is 18.2 Å². The number of alkyl halides is 6. The third-order valence-corrected chi connectivity index (χ3v) is 1.76. The van der Waals surface area contributed by atoms with Gasteiger partial charge in [-0.1, -0.05) is 0 Å². The molecule has 0 saturated heterocycles. The Morgan fingerprint density at radius 3 is 1.44 bits per heavy atom. The van der Waals surface area contributed by atoms with Crippen molar-refractivity contribution in [2.45, 2.75) is 12.4 Å². The Morgan fingerprint density at radius 2 is 1.19 bits per heavy atom. The summed E-state index contributed by atoms with van der Waals surface area (Å²) in [4.78, 5) is 0. The summed E-state index contributed by atoms with van der Waals surface area (Å²) in [5.74, 6) is 0. The van der Waals surface area contributed by atoms with Crippen molar-refractivity contribution in [2.24, 2.45) is 0 Å². The molecule has 1 aromatic rings. The van der Waals surface area contributed by atoms with E-state index in [2.05, 4.69) is 0 Å². The molecule has 0 aliphatic heterocycles. The quantitative estimate of drug-likeness (QED) is 0.532. The van der Waals surface area contributed by atoms with Gasteiger partial charge in [-0.3, -0.25) is 0 Å². The Hall–Kier alpha value is -1.53. The third-order valence-electron chi connectivity index (χ3n) is 1.76. The van der Waals surface area contributed by atoms with Gasteiger partial charge in [-0.05, 0) is 23.8 Å². The Labute approximate surface area is 86.2 Å². The van der Waals surface area contributed by atoms with E-state index in [-0.39, 0.29) is 12.3 Å². The highest BCUT2D eigenvalue weighted by Crippen LogP contribution is 2.35. The first-order valence-electron chi connectivity index (χ1n) is 3.91. The summed E-state index contributed by atoms with van der Waals surface area (Å²) in [5, 5.41) is 8.46. The topological polar surface area (TPSA) is 22.3 Å². The van der Waals surface area contributed by atoms with Gasteiger partial charge in [0.2, 0.25) is 0 Å². The molecule has 0 spiro atoms. The first kappa shape index (κ1) is 12.5. The zero-order valence-corrected chi connectivity index (χ0v) is 7.52. The van der Waals surface area contributed by atoms with Crippen LogP contribution >= 0.6 is 0 Å². The van der Waals surface area contributed by atoms with Crippen molar-refractivity contribution in [3.63, 3.8) is 0 Å². The molecule has 87 valence electrons. The number of nitrogens with zero attached hydrogens (tertiary/aromatic N) is 1. The summed E-state index contributed by atoms with van der Waals surface area (Å²) in [6.45, 7) is 0. The molecule has 0 aliphatic carbocycles. The fourth-order valence-corrected chi connectivity index (χ4v) is 1.05. The van der Waals surface area contributed by atoms with E-state index >= 15 is 0 Å². The minimum Gasteiger partial charge on any atom is -0.166 e. The molecule has 0 heterocycles. The highest BCUT2D eigenvalue weighted by Gasteiger charge is 2.36. The SMILES string of the molecule is [N]=Cc1cc(C(F)(F)F)cc(C(F)(F)F)c1. The van der Waals surface area contributed by atoms with Crippen LogP contribution in [0.25, 0.3) is 0 Å². The summed E-state index contributed by atoms with van der Waals surface area (Å²) in [6, 6.07) is 0.845. The molecule has 0 N–H and O–H groups in total. The molecule has 0 unspecified atom stereocenters. The molecule has 7 heteroatoms. The maximum Gasteiger partial charge on any atom is 0.416 e. The second-order valence-electron chi connectivity index (χ2n) is 2.97. The molecule has 1 nitrogen and oxygen atoms in total. The predicted octanol–water partition coefficient (Wildman–Crippen LogP) is 2.94. The molecular formula is C9H4F6N. The smallest absolute Gasteiger partial charge is 0.166 e. The number of halogens is 6. The van der Waals surface area contributed by atoms with Crippen molar-refractivity contribution in [3.05, 3.63) is 34.9 Å². The Kier molecular flexibility index (Phi) is 2.98. The zero-order chi connectivity index (χ0) is 12.6. The monoisotopic (exact) mass is 240 g/mol. The number of benzene rings is 1. The van der Waals surface area contributed by atoms with Crippen molar-refractivity contribution in [1.29, 1.82) is 0 Å². The fourth-order valence-electron chi connectivity index (χ4n) is 1.05. The summed E-state index contributed by atoms with van der Waals surface area (Å²) < 4.78 is 73.3.